The van der Waals surface area contributed by atoms with Crippen molar-refractivity contribution >= 4 is 54.9 Å². The Kier molecular flexibility index (Phi) is 7.53. The molecule has 0 bridgehead atoms. The van der Waals surface area contributed by atoms with Crippen LogP contribution in [0.25, 0.3) is 0 Å². The number of benzene rings is 2. The fourth-order valence-electron chi connectivity index (χ4n) is 2.29. The van der Waals surface area contributed by atoms with Crippen molar-refractivity contribution in [3.05, 3.63) is 52.5 Å². The molecule has 3 N–H and O–H groups in total. The predicted molar refractivity (Wildman–Crippen MR) is 116 cm³/mol. The number of thiocarbonyl (C=S) groups is 1. The number of hydrogen-bond acceptors (Lipinski definition) is 5. The molecule has 1 amide bonds. The molecule has 10 heteroatoms. The number of carbonyl (C=O) groups excluding carboxylic acids is 1. The minimum Gasteiger partial charge on any atom is -0.496 e. The molecular weight excluding hydrogens is 466 g/mol. The molecule has 0 saturated heterocycles. The van der Waals surface area contributed by atoms with Crippen molar-refractivity contribution in [3.63, 3.8) is 0 Å². The molecule has 0 heterocycles. The Bertz CT molecular complexity index is 977. The maximum absolute atomic E-state index is 12.4. The molecule has 0 aliphatic carbocycles. The van der Waals surface area contributed by atoms with E-state index in [0.29, 0.717) is 17.0 Å². The van der Waals surface area contributed by atoms with E-state index < -0.39 is 15.9 Å². The molecule has 0 fully saturated rings. The second kappa shape index (κ2) is 9.46. The minimum atomic E-state index is -3.57. The largest absolute Gasteiger partial charge is 0.496 e. The van der Waals surface area contributed by atoms with Crippen molar-refractivity contribution in [2.45, 2.75) is 24.8 Å². The number of amides is 1. The molecule has 7 nitrogen and oxygen atoms in total. The fourth-order valence-corrected chi connectivity index (χ4v) is 4.11. The summed E-state index contributed by atoms with van der Waals surface area (Å²) in [5.41, 5.74) is 0.859. The molecule has 0 spiro atoms. The molecule has 0 saturated carbocycles. The van der Waals surface area contributed by atoms with Gasteiger partial charge in [0.2, 0.25) is 10.0 Å². The Morgan fingerprint density at radius 1 is 1.14 bits per heavy atom. The highest BCUT2D eigenvalue weighted by Gasteiger charge is 2.16. The molecule has 0 aliphatic rings. The van der Waals surface area contributed by atoms with E-state index in [1.165, 1.54) is 19.2 Å². The monoisotopic (exact) mass is 485 g/mol. The lowest BCUT2D eigenvalue weighted by Crippen LogP contribution is -2.34. The number of nitrogens with one attached hydrogen (secondary N) is 3. The first-order valence-electron chi connectivity index (χ1n) is 8.20. The van der Waals surface area contributed by atoms with Crippen LogP contribution in [0, 0.1) is 0 Å². The number of carbonyl (C=O) groups is 1. The zero-order chi connectivity index (χ0) is 20.9. The molecule has 0 aromatic heterocycles. The summed E-state index contributed by atoms with van der Waals surface area (Å²) in [6.45, 7) is 3.49. The van der Waals surface area contributed by atoms with Gasteiger partial charge in [0.25, 0.3) is 5.91 Å². The quantitative estimate of drug-likeness (QED) is 0.543. The third-order valence-corrected chi connectivity index (χ3v) is 5.82. The summed E-state index contributed by atoms with van der Waals surface area (Å²) in [4.78, 5) is 12.6. The normalized spacial score (nSPS) is 11.2. The molecule has 0 radical (unpaired) electrons. The van der Waals surface area contributed by atoms with Crippen LogP contribution in [0.1, 0.15) is 24.2 Å². The molecule has 2 aromatic carbocycles. The highest BCUT2D eigenvalue weighted by atomic mass is 79.9. The number of methoxy groups -OCH3 is 1. The molecule has 28 heavy (non-hydrogen) atoms. The highest BCUT2D eigenvalue weighted by molar-refractivity contribution is 9.10. The Morgan fingerprint density at radius 3 is 2.36 bits per heavy atom. The number of rotatable bonds is 6. The first-order valence-corrected chi connectivity index (χ1v) is 10.9. The lowest BCUT2D eigenvalue weighted by Gasteiger charge is -2.13. The number of halogens is 1. The first-order chi connectivity index (χ1) is 13.1. The average molecular weight is 486 g/mol. The van der Waals surface area contributed by atoms with Crippen LogP contribution >= 0.6 is 28.1 Å². The second-order valence-corrected chi connectivity index (χ2v) is 9.09. The lowest BCUT2D eigenvalue weighted by atomic mass is 10.2. The van der Waals surface area contributed by atoms with Gasteiger partial charge >= 0.3 is 0 Å². The summed E-state index contributed by atoms with van der Waals surface area (Å²) >= 11 is 8.47. The van der Waals surface area contributed by atoms with Gasteiger partial charge in [-0.2, -0.15) is 0 Å². The molecule has 2 aromatic rings. The molecule has 150 valence electrons. The standard InChI is InChI=1S/C18H20BrN3O4S2/c1-11(2)22-28(24,25)14-7-5-13(6-8-14)20-18(27)21-17(23)15-10-12(19)4-9-16(15)26-3/h4-11,22H,1-3H3,(H2,20,21,23,27). The molecular formula is C18H20BrN3O4S2. The molecule has 0 aliphatic heterocycles. The highest BCUT2D eigenvalue weighted by Crippen LogP contribution is 2.23. The van der Waals surface area contributed by atoms with Gasteiger partial charge in [0.15, 0.2) is 5.11 Å². The van der Waals surface area contributed by atoms with Gasteiger partial charge in [-0.25, -0.2) is 13.1 Å². The number of hydrogen-bond donors (Lipinski definition) is 3. The van der Waals surface area contributed by atoms with E-state index in [9.17, 15) is 13.2 Å². The summed E-state index contributed by atoms with van der Waals surface area (Å²) in [6.07, 6.45) is 0. The number of anilines is 1. The lowest BCUT2D eigenvalue weighted by molar-refractivity contribution is 0.0974. The molecule has 0 atom stereocenters. The van der Waals surface area contributed by atoms with E-state index >= 15 is 0 Å². The fraction of sp³-hybridized carbons (Fsp3) is 0.222. The van der Waals surface area contributed by atoms with Gasteiger partial charge < -0.3 is 10.1 Å². The first kappa shape index (κ1) is 22.3. The molecule has 0 unspecified atom stereocenters. The van der Waals surface area contributed by atoms with E-state index in [4.69, 9.17) is 17.0 Å². The Hall–Kier alpha value is -2.01. The Labute approximate surface area is 178 Å². The van der Waals surface area contributed by atoms with Crippen LogP contribution in [0.15, 0.2) is 51.8 Å². The zero-order valence-corrected chi connectivity index (χ0v) is 18.7. The van der Waals surface area contributed by atoms with Crippen LogP contribution in [0.5, 0.6) is 5.75 Å². The summed E-state index contributed by atoms with van der Waals surface area (Å²) in [5, 5.41) is 5.49. The second-order valence-electron chi connectivity index (χ2n) is 6.05. The van der Waals surface area contributed by atoms with E-state index in [1.54, 1.807) is 44.2 Å². The number of sulfonamides is 1. The Morgan fingerprint density at radius 2 is 1.79 bits per heavy atom. The smallest absolute Gasteiger partial charge is 0.261 e. The third-order valence-electron chi connectivity index (χ3n) is 3.45. The van der Waals surface area contributed by atoms with Crippen LogP contribution in [-0.4, -0.2) is 32.6 Å². The van der Waals surface area contributed by atoms with Gasteiger partial charge in [-0.1, -0.05) is 15.9 Å². The van der Waals surface area contributed by atoms with Gasteiger partial charge in [0.05, 0.1) is 17.6 Å². The van der Waals surface area contributed by atoms with Crippen LogP contribution in [0.4, 0.5) is 5.69 Å². The van der Waals surface area contributed by atoms with Crippen LogP contribution in [0.2, 0.25) is 0 Å². The van der Waals surface area contributed by atoms with Crippen LogP contribution in [0.3, 0.4) is 0 Å². The maximum atomic E-state index is 12.4. The van der Waals surface area contributed by atoms with Crippen molar-refractivity contribution in [1.29, 1.82) is 0 Å². The molecule has 2 rings (SSSR count). The van der Waals surface area contributed by atoms with Crippen molar-refractivity contribution in [2.24, 2.45) is 0 Å². The van der Waals surface area contributed by atoms with E-state index in [2.05, 4.69) is 31.3 Å². The van der Waals surface area contributed by atoms with Gasteiger partial charge in [0.1, 0.15) is 5.75 Å². The van der Waals surface area contributed by atoms with Crippen molar-refractivity contribution in [3.8, 4) is 5.75 Å². The topological polar surface area (TPSA) is 96.5 Å². The minimum absolute atomic E-state index is 0.0722. The van der Waals surface area contributed by atoms with Gasteiger partial charge in [-0.3, -0.25) is 10.1 Å². The average Bonchev–Trinajstić information content (AvgIpc) is 2.61. The summed E-state index contributed by atoms with van der Waals surface area (Å²) < 4.78 is 32.7. The summed E-state index contributed by atoms with van der Waals surface area (Å²) in [7, 11) is -2.10. The van der Waals surface area contributed by atoms with E-state index in [0.717, 1.165) is 4.47 Å². The summed E-state index contributed by atoms with van der Waals surface area (Å²) in [5.74, 6) is -0.0216. The van der Waals surface area contributed by atoms with E-state index in [1.807, 2.05) is 0 Å². The third kappa shape index (κ3) is 5.99. The van der Waals surface area contributed by atoms with Crippen molar-refractivity contribution in [1.82, 2.24) is 10.0 Å². The number of ether oxygens (including phenoxy) is 1. The summed E-state index contributed by atoms with van der Waals surface area (Å²) in [6, 6.07) is 10.9. The van der Waals surface area contributed by atoms with Crippen molar-refractivity contribution in [2.75, 3.05) is 12.4 Å². The zero-order valence-electron chi connectivity index (χ0n) is 15.4. The predicted octanol–water partition coefficient (Wildman–Crippen LogP) is 3.27. The van der Waals surface area contributed by atoms with E-state index in [-0.39, 0.29) is 16.0 Å². The van der Waals surface area contributed by atoms with Gasteiger partial charge in [-0.15, -0.1) is 0 Å². The maximum Gasteiger partial charge on any atom is 0.261 e. The Balaban J connectivity index is 2.06. The van der Waals surface area contributed by atoms with Crippen LogP contribution in [-0.2, 0) is 10.0 Å². The van der Waals surface area contributed by atoms with Crippen LogP contribution < -0.4 is 20.1 Å². The van der Waals surface area contributed by atoms with Crippen molar-refractivity contribution < 1.29 is 17.9 Å². The van der Waals surface area contributed by atoms with Gasteiger partial charge in [0, 0.05) is 16.2 Å². The van der Waals surface area contributed by atoms with Gasteiger partial charge in [-0.05, 0) is 68.5 Å². The SMILES string of the molecule is COc1ccc(Br)cc1C(=O)NC(=S)Nc1ccc(S(=O)(=O)NC(C)C)cc1.